The third kappa shape index (κ3) is 5.36. The third-order valence-corrected chi connectivity index (χ3v) is 8.31. The number of hydrogen-bond acceptors (Lipinski definition) is 7. The molecule has 0 atom stereocenters. The predicted molar refractivity (Wildman–Crippen MR) is 141 cm³/mol. The predicted octanol–water partition coefficient (Wildman–Crippen LogP) is 1.94. The fourth-order valence-corrected chi connectivity index (χ4v) is 6.11. The van der Waals surface area contributed by atoms with E-state index in [2.05, 4.69) is 4.99 Å². The summed E-state index contributed by atoms with van der Waals surface area (Å²) < 4.78 is 27.5. The van der Waals surface area contributed by atoms with Crippen LogP contribution in [0.15, 0.2) is 57.9 Å². The Labute approximate surface area is 212 Å². The van der Waals surface area contributed by atoms with Crippen LogP contribution in [0.3, 0.4) is 0 Å². The molecule has 0 bridgehead atoms. The molecular weight excluding hydrogens is 478 g/mol. The van der Waals surface area contributed by atoms with Gasteiger partial charge in [0.05, 0.1) is 17.2 Å². The molecule has 1 fully saturated rings. The van der Waals surface area contributed by atoms with Gasteiger partial charge in [0.2, 0.25) is 15.9 Å². The summed E-state index contributed by atoms with van der Waals surface area (Å²) >= 11 is 0. The molecule has 0 radical (unpaired) electrons. The molecule has 2 aromatic carbocycles. The van der Waals surface area contributed by atoms with Crippen molar-refractivity contribution in [2.45, 2.75) is 24.7 Å². The number of amides is 1. The molecule has 0 unspecified atom stereocenters. The highest BCUT2D eigenvalue weighted by atomic mass is 32.2. The Morgan fingerprint density at radius 2 is 1.92 bits per heavy atom. The number of amidine groups is 1. The smallest absolute Gasteiger partial charge is 0.250 e. The van der Waals surface area contributed by atoms with E-state index < -0.39 is 10.0 Å². The molecule has 36 heavy (non-hydrogen) atoms. The number of nitrogens with zero attached hydrogens (tertiary/aromatic N) is 3. The molecule has 2 aliphatic rings. The van der Waals surface area contributed by atoms with E-state index in [1.807, 2.05) is 31.2 Å². The monoisotopic (exact) mass is 511 g/mol. The Balaban J connectivity index is 1.64. The maximum absolute atomic E-state index is 13.1. The van der Waals surface area contributed by atoms with E-state index in [-0.39, 0.29) is 36.3 Å². The van der Waals surface area contributed by atoms with Gasteiger partial charge in [0.1, 0.15) is 5.84 Å². The molecule has 10 heteroatoms. The van der Waals surface area contributed by atoms with Crippen molar-refractivity contribution in [1.82, 2.24) is 9.21 Å². The lowest BCUT2D eigenvalue weighted by Crippen LogP contribution is -2.52. The van der Waals surface area contributed by atoms with Crippen LogP contribution in [0, 0.1) is 5.92 Å². The van der Waals surface area contributed by atoms with Crippen molar-refractivity contribution in [2.75, 3.05) is 39.3 Å². The summed E-state index contributed by atoms with van der Waals surface area (Å²) in [6.45, 7) is 4.04. The van der Waals surface area contributed by atoms with E-state index in [1.54, 1.807) is 29.2 Å². The third-order valence-electron chi connectivity index (χ3n) is 6.48. The van der Waals surface area contributed by atoms with Gasteiger partial charge in [0, 0.05) is 43.7 Å². The van der Waals surface area contributed by atoms with Crippen LogP contribution < -0.4 is 11.5 Å². The zero-order chi connectivity index (χ0) is 25.9. The molecule has 2 aliphatic heterocycles. The van der Waals surface area contributed by atoms with Gasteiger partial charge in [-0.2, -0.15) is 4.31 Å². The fourth-order valence-electron chi connectivity index (χ4n) is 4.47. The van der Waals surface area contributed by atoms with Gasteiger partial charge in [-0.1, -0.05) is 31.2 Å². The van der Waals surface area contributed by atoms with Crippen LogP contribution in [-0.2, 0) is 14.8 Å². The highest BCUT2D eigenvalue weighted by molar-refractivity contribution is 7.89. The number of benzene rings is 2. The van der Waals surface area contributed by atoms with E-state index in [0.29, 0.717) is 43.3 Å². The molecule has 1 amide bonds. The van der Waals surface area contributed by atoms with Gasteiger partial charge >= 0.3 is 0 Å². The Bertz CT molecular complexity index is 1290. The minimum absolute atomic E-state index is 0.108. The quantitative estimate of drug-likeness (QED) is 0.470. The van der Waals surface area contributed by atoms with Crippen molar-refractivity contribution in [3.8, 4) is 11.1 Å². The topological polar surface area (TPSA) is 142 Å². The Hall–Kier alpha value is -3.05. The first-order valence-corrected chi connectivity index (χ1v) is 13.6. The van der Waals surface area contributed by atoms with Gasteiger partial charge in [-0.25, -0.2) is 13.4 Å². The normalized spacial score (nSPS) is 16.4. The number of carbonyl (C=O) groups excluding carboxylic acids is 1. The van der Waals surface area contributed by atoms with Crippen molar-refractivity contribution >= 4 is 33.5 Å². The lowest BCUT2D eigenvalue weighted by atomic mass is 10.0. The maximum Gasteiger partial charge on any atom is 0.250 e. The molecule has 5 N–H and O–H groups in total. The molecule has 2 heterocycles. The number of aliphatic imine (C=N–C) groups is 1. The number of sulfonamides is 1. The van der Waals surface area contributed by atoms with Gasteiger partial charge < -0.3 is 21.5 Å². The lowest BCUT2D eigenvalue weighted by Gasteiger charge is -2.37. The van der Waals surface area contributed by atoms with E-state index in [9.17, 15) is 18.3 Å². The second-order valence-corrected chi connectivity index (χ2v) is 11.1. The summed E-state index contributed by atoms with van der Waals surface area (Å²) in [6.07, 6.45) is 2.79. The standard InChI is InChI=1S/C26H33N5O4S/c1-2-8-30(9-10-32)26(33)22-11-21-7-6-20(13-24(21)29-25(28)14-22)19-4-3-5-23(12-19)36(34,35)31-16-18(15-27)17-31/h3-7,11-13,18,32H,2,8-10,14-17,27H2,1H3,(H2,28,29). The molecular formula is C26H33N5O4S. The first-order valence-electron chi connectivity index (χ1n) is 12.1. The molecule has 9 nitrogen and oxygen atoms in total. The summed E-state index contributed by atoms with van der Waals surface area (Å²) in [5.41, 5.74) is 15.2. The highest BCUT2D eigenvalue weighted by Crippen LogP contribution is 2.33. The maximum atomic E-state index is 13.1. The number of fused-ring (bicyclic) bond motifs is 1. The van der Waals surface area contributed by atoms with Gasteiger partial charge in [0.15, 0.2) is 0 Å². The first kappa shape index (κ1) is 26.0. The molecule has 192 valence electrons. The number of nitrogens with two attached hydrogens (primary N) is 2. The Morgan fingerprint density at radius 1 is 1.17 bits per heavy atom. The van der Waals surface area contributed by atoms with E-state index in [0.717, 1.165) is 23.1 Å². The molecule has 0 aliphatic carbocycles. The van der Waals surface area contributed by atoms with E-state index in [1.165, 1.54) is 4.31 Å². The van der Waals surface area contributed by atoms with Gasteiger partial charge in [0.25, 0.3) is 0 Å². The second kappa shape index (κ2) is 10.9. The molecule has 0 aromatic heterocycles. The summed E-state index contributed by atoms with van der Waals surface area (Å²) in [5.74, 6) is 0.356. The van der Waals surface area contributed by atoms with Crippen LogP contribution in [-0.4, -0.2) is 73.8 Å². The number of rotatable bonds is 9. The number of hydrogen-bond donors (Lipinski definition) is 3. The van der Waals surface area contributed by atoms with Crippen molar-refractivity contribution in [2.24, 2.45) is 22.4 Å². The van der Waals surface area contributed by atoms with E-state index in [4.69, 9.17) is 11.5 Å². The SMILES string of the molecule is CCCN(CCO)C(=O)C1=Cc2ccc(-c3cccc(S(=O)(=O)N4CC(CN)C4)c3)cc2N=C(N)C1. The summed E-state index contributed by atoms with van der Waals surface area (Å²) in [6, 6.07) is 12.4. The van der Waals surface area contributed by atoms with Gasteiger partial charge in [-0.15, -0.1) is 0 Å². The number of carbonyl (C=O) groups is 1. The first-order chi connectivity index (χ1) is 17.3. The average molecular weight is 512 g/mol. The Morgan fingerprint density at radius 3 is 2.61 bits per heavy atom. The molecule has 4 rings (SSSR count). The summed E-state index contributed by atoms with van der Waals surface area (Å²) in [4.78, 5) is 19.5. The van der Waals surface area contributed by atoms with Crippen LogP contribution >= 0.6 is 0 Å². The minimum atomic E-state index is -3.58. The summed E-state index contributed by atoms with van der Waals surface area (Å²) in [7, 11) is -3.58. The van der Waals surface area contributed by atoms with Crippen LogP contribution in [0.2, 0.25) is 0 Å². The zero-order valence-corrected chi connectivity index (χ0v) is 21.2. The molecule has 0 saturated carbocycles. The number of aliphatic hydroxyl groups is 1. The Kier molecular flexibility index (Phi) is 7.89. The van der Waals surface area contributed by atoms with Crippen LogP contribution in [0.4, 0.5) is 5.69 Å². The molecule has 2 aromatic rings. The zero-order valence-electron chi connectivity index (χ0n) is 20.4. The number of aliphatic hydroxyl groups excluding tert-OH is 1. The molecule has 0 spiro atoms. The molecule has 1 saturated heterocycles. The largest absolute Gasteiger partial charge is 0.395 e. The lowest BCUT2D eigenvalue weighted by molar-refractivity contribution is -0.127. The minimum Gasteiger partial charge on any atom is -0.395 e. The van der Waals surface area contributed by atoms with Gasteiger partial charge in [-0.3, -0.25) is 4.79 Å². The second-order valence-electron chi connectivity index (χ2n) is 9.19. The fraction of sp³-hybridized carbons (Fsp3) is 0.385. The highest BCUT2D eigenvalue weighted by Gasteiger charge is 2.35. The van der Waals surface area contributed by atoms with Gasteiger partial charge in [-0.05, 0) is 54.3 Å². The van der Waals surface area contributed by atoms with E-state index >= 15 is 0 Å². The van der Waals surface area contributed by atoms with Crippen molar-refractivity contribution in [3.63, 3.8) is 0 Å². The summed E-state index contributed by atoms with van der Waals surface area (Å²) in [5, 5.41) is 9.35. The van der Waals surface area contributed by atoms with Crippen molar-refractivity contribution in [3.05, 3.63) is 53.6 Å². The average Bonchev–Trinajstić information content (AvgIpc) is 3.00. The van der Waals surface area contributed by atoms with Crippen LogP contribution in [0.5, 0.6) is 0 Å². The van der Waals surface area contributed by atoms with Crippen molar-refractivity contribution < 1.29 is 18.3 Å². The van der Waals surface area contributed by atoms with Crippen LogP contribution in [0.25, 0.3) is 17.2 Å². The van der Waals surface area contributed by atoms with Crippen LogP contribution in [0.1, 0.15) is 25.3 Å². The van der Waals surface area contributed by atoms with Crippen molar-refractivity contribution in [1.29, 1.82) is 0 Å².